The minimum absolute atomic E-state index is 0.337. The molecule has 7 heteroatoms. The van der Waals surface area contributed by atoms with Crippen LogP contribution in [0.25, 0.3) is 6.08 Å². The smallest absolute Gasteiger partial charge is 0.298 e. The molecule has 0 spiro atoms. The highest BCUT2D eigenvalue weighted by Crippen LogP contribution is 2.37. The standard InChI is InChI=1S/C18H13BrClNO3S/c1-2-24-15-7-6-12(19)8-11(15)9-16-17(22)21(18(23)25-16)14-5-3-4-13(20)10-14/h3-10H,2H2,1H3. The van der Waals surface area contributed by atoms with Crippen molar-refractivity contribution in [1.29, 1.82) is 0 Å². The van der Waals surface area contributed by atoms with Crippen molar-refractivity contribution in [2.45, 2.75) is 6.92 Å². The molecule has 0 atom stereocenters. The summed E-state index contributed by atoms with van der Waals surface area (Å²) in [5, 5.41) is 0.109. The molecule has 1 heterocycles. The summed E-state index contributed by atoms with van der Waals surface area (Å²) in [5.41, 5.74) is 1.19. The molecule has 0 bridgehead atoms. The van der Waals surface area contributed by atoms with Gasteiger partial charge in [-0.25, -0.2) is 4.90 Å². The van der Waals surface area contributed by atoms with Gasteiger partial charge < -0.3 is 4.74 Å². The van der Waals surface area contributed by atoms with Gasteiger partial charge in [0.05, 0.1) is 17.2 Å². The molecule has 1 fully saturated rings. The molecule has 3 rings (SSSR count). The highest BCUT2D eigenvalue weighted by molar-refractivity contribution is 9.10. The summed E-state index contributed by atoms with van der Waals surface area (Å²) in [6, 6.07) is 12.2. The molecule has 25 heavy (non-hydrogen) atoms. The second kappa shape index (κ2) is 7.64. The monoisotopic (exact) mass is 437 g/mol. The van der Waals surface area contributed by atoms with Crippen molar-refractivity contribution in [2.24, 2.45) is 0 Å². The Hall–Kier alpha value is -1.76. The molecule has 1 aliphatic heterocycles. The summed E-state index contributed by atoms with van der Waals surface area (Å²) >= 11 is 10.3. The molecular formula is C18H13BrClNO3S. The van der Waals surface area contributed by atoms with E-state index in [1.807, 2.05) is 25.1 Å². The first-order chi connectivity index (χ1) is 12.0. The third-order valence-corrected chi connectivity index (χ3v) is 5.02. The van der Waals surface area contributed by atoms with Gasteiger partial charge in [-0.2, -0.15) is 0 Å². The predicted octanol–water partition coefficient (Wildman–Crippen LogP) is 5.74. The van der Waals surface area contributed by atoms with E-state index in [0.717, 1.165) is 26.7 Å². The number of thioether (sulfide) groups is 1. The number of halogens is 2. The van der Waals surface area contributed by atoms with Gasteiger partial charge >= 0.3 is 0 Å². The molecule has 1 aliphatic rings. The first-order valence-electron chi connectivity index (χ1n) is 7.45. The van der Waals surface area contributed by atoms with Gasteiger partial charge in [-0.1, -0.05) is 33.6 Å². The number of amides is 2. The number of rotatable bonds is 4. The fourth-order valence-corrected chi connectivity index (χ4v) is 3.76. The molecule has 0 N–H and O–H groups in total. The maximum Gasteiger partial charge on any atom is 0.298 e. The Labute approximate surface area is 162 Å². The Morgan fingerprint density at radius 2 is 2.04 bits per heavy atom. The van der Waals surface area contributed by atoms with Crippen LogP contribution in [0.2, 0.25) is 5.02 Å². The molecule has 0 saturated carbocycles. The van der Waals surface area contributed by atoms with E-state index in [-0.39, 0.29) is 11.1 Å². The number of benzene rings is 2. The van der Waals surface area contributed by atoms with Crippen molar-refractivity contribution < 1.29 is 14.3 Å². The molecule has 2 amide bonds. The Morgan fingerprint density at radius 3 is 2.76 bits per heavy atom. The Morgan fingerprint density at radius 1 is 1.24 bits per heavy atom. The van der Waals surface area contributed by atoms with Crippen molar-refractivity contribution in [2.75, 3.05) is 11.5 Å². The topological polar surface area (TPSA) is 46.6 Å². The molecule has 0 aromatic heterocycles. The van der Waals surface area contributed by atoms with Crippen LogP contribution >= 0.6 is 39.3 Å². The molecule has 128 valence electrons. The molecule has 2 aromatic carbocycles. The maximum atomic E-state index is 12.7. The van der Waals surface area contributed by atoms with Gasteiger partial charge in [-0.05, 0) is 61.2 Å². The van der Waals surface area contributed by atoms with Crippen LogP contribution < -0.4 is 9.64 Å². The summed E-state index contributed by atoms with van der Waals surface area (Å²) in [4.78, 5) is 26.5. The molecule has 2 aromatic rings. The second-order valence-electron chi connectivity index (χ2n) is 5.11. The van der Waals surface area contributed by atoms with E-state index >= 15 is 0 Å². The zero-order valence-corrected chi connectivity index (χ0v) is 16.3. The summed E-state index contributed by atoms with van der Waals surface area (Å²) < 4.78 is 6.45. The first-order valence-corrected chi connectivity index (χ1v) is 9.44. The summed E-state index contributed by atoms with van der Waals surface area (Å²) in [5.74, 6) is 0.278. The number of carbonyl (C=O) groups is 2. The number of anilines is 1. The fourth-order valence-electron chi connectivity index (χ4n) is 2.37. The first kappa shape index (κ1) is 18.0. The van der Waals surface area contributed by atoms with Crippen molar-refractivity contribution in [3.05, 3.63) is 62.4 Å². The molecular weight excluding hydrogens is 426 g/mol. The molecule has 1 saturated heterocycles. The Balaban J connectivity index is 1.97. The molecule has 0 aliphatic carbocycles. The average Bonchev–Trinajstić information content (AvgIpc) is 2.84. The van der Waals surface area contributed by atoms with Crippen molar-refractivity contribution in [1.82, 2.24) is 0 Å². The SMILES string of the molecule is CCOc1ccc(Br)cc1C=C1SC(=O)N(c2cccc(Cl)c2)C1=O. The van der Waals surface area contributed by atoms with Gasteiger partial charge in [0.25, 0.3) is 11.1 Å². The molecule has 4 nitrogen and oxygen atoms in total. The van der Waals surface area contributed by atoms with Crippen molar-refractivity contribution in [3.8, 4) is 5.75 Å². The average molecular weight is 439 g/mol. The summed E-state index contributed by atoms with van der Waals surface area (Å²) in [6.45, 7) is 2.39. The van der Waals surface area contributed by atoms with Gasteiger partial charge in [0.2, 0.25) is 0 Å². The lowest BCUT2D eigenvalue weighted by atomic mass is 10.2. The largest absolute Gasteiger partial charge is 0.493 e. The van der Waals surface area contributed by atoms with E-state index in [0.29, 0.717) is 28.0 Å². The predicted molar refractivity (Wildman–Crippen MR) is 105 cm³/mol. The highest BCUT2D eigenvalue weighted by atomic mass is 79.9. The minimum atomic E-state index is -0.375. The molecule has 0 radical (unpaired) electrons. The normalized spacial score (nSPS) is 16.0. The number of imide groups is 1. The van der Waals surface area contributed by atoms with E-state index < -0.39 is 0 Å². The Kier molecular flexibility index (Phi) is 5.51. The van der Waals surface area contributed by atoms with Crippen molar-refractivity contribution in [3.63, 3.8) is 0 Å². The number of carbonyl (C=O) groups excluding carboxylic acids is 2. The summed E-state index contributed by atoms with van der Waals surface area (Å²) in [6.07, 6.45) is 1.67. The lowest BCUT2D eigenvalue weighted by Crippen LogP contribution is -2.27. The van der Waals surface area contributed by atoms with E-state index in [4.69, 9.17) is 16.3 Å². The van der Waals surface area contributed by atoms with Crippen LogP contribution in [0.1, 0.15) is 12.5 Å². The van der Waals surface area contributed by atoms with Gasteiger partial charge in [-0.15, -0.1) is 0 Å². The zero-order chi connectivity index (χ0) is 18.0. The van der Waals surface area contributed by atoms with Crippen molar-refractivity contribution >= 4 is 62.2 Å². The van der Waals surface area contributed by atoms with Crippen LogP contribution in [0.15, 0.2) is 51.8 Å². The minimum Gasteiger partial charge on any atom is -0.493 e. The van der Waals surface area contributed by atoms with Gasteiger partial charge in [-0.3, -0.25) is 9.59 Å². The van der Waals surface area contributed by atoms with E-state index in [9.17, 15) is 9.59 Å². The summed E-state index contributed by atoms with van der Waals surface area (Å²) in [7, 11) is 0. The molecule has 0 unspecified atom stereocenters. The lowest BCUT2D eigenvalue weighted by molar-refractivity contribution is -0.113. The second-order valence-corrected chi connectivity index (χ2v) is 7.46. The van der Waals surface area contributed by atoms with Crippen LogP contribution in [0.4, 0.5) is 10.5 Å². The van der Waals surface area contributed by atoms with Crippen LogP contribution in [0.3, 0.4) is 0 Å². The maximum absolute atomic E-state index is 12.7. The fraction of sp³-hybridized carbons (Fsp3) is 0.111. The third-order valence-electron chi connectivity index (χ3n) is 3.42. The Bertz CT molecular complexity index is 884. The lowest BCUT2D eigenvalue weighted by Gasteiger charge is -2.12. The van der Waals surface area contributed by atoms with E-state index in [1.165, 1.54) is 0 Å². The zero-order valence-electron chi connectivity index (χ0n) is 13.2. The number of hydrogen-bond acceptors (Lipinski definition) is 4. The number of hydrogen-bond donors (Lipinski definition) is 0. The van der Waals surface area contributed by atoms with Gasteiger partial charge in [0, 0.05) is 15.1 Å². The van der Waals surface area contributed by atoms with Crippen LogP contribution in [-0.4, -0.2) is 17.8 Å². The van der Waals surface area contributed by atoms with Crippen LogP contribution in [-0.2, 0) is 4.79 Å². The van der Waals surface area contributed by atoms with Crippen LogP contribution in [0.5, 0.6) is 5.75 Å². The van der Waals surface area contributed by atoms with E-state index in [1.54, 1.807) is 30.3 Å². The third kappa shape index (κ3) is 3.92. The van der Waals surface area contributed by atoms with Crippen LogP contribution in [0, 0.1) is 0 Å². The quantitative estimate of drug-likeness (QED) is 0.571. The van der Waals surface area contributed by atoms with E-state index in [2.05, 4.69) is 15.9 Å². The van der Waals surface area contributed by atoms with Gasteiger partial charge in [0.1, 0.15) is 5.75 Å². The number of nitrogens with zero attached hydrogens (tertiary/aromatic N) is 1. The van der Waals surface area contributed by atoms with Gasteiger partial charge in [0.15, 0.2) is 0 Å². The highest BCUT2D eigenvalue weighted by Gasteiger charge is 2.36. The number of ether oxygens (including phenoxy) is 1.